The van der Waals surface area contributed by atoms with E-state index in [-0.39, 0.29) is 0 Å². The highest BCUT2D eigenvalue weighted by molar-refractivity contribution is 9.10. The first kappa shape index (κ1) is 8.16. The monoisotopic (exact) mass is 237 g/mol. The fraction of sp³-hybridized carbons (Fsp3) is 0. The predicted molar refractivity (Wildman–Crippen MR) is 51.6 cm³/mol. The summed E-state index contributed by atoms with van der Waals surface area (Å²) in [5.41, 5.74) is 1.19. The molecule has 5 heteroatoms. The predicted octanol–water partition coefficient (Wildman–Crippen LogP) is 2.29. The maximum absolute atomic E-state index is 10.1. The van der Waals surface area contributed by atoms with Crippen LogP contribution in [0, 0.1) is 0 Å². The molecule has 0 amide bonds. The van der Waals surface area contributed by atoms with E-state index in [1.165, 1.54) is 6.08 Å². The van der Waals surface area contributed by atoms with E-state index in [0.29, 0.717) is 11.2 Å². The zero-order chi connectivity index (χ0) is 9.26. The molecule has 0 aliphatic rings. The summed E-state index contributed by atoms with van der Waals surface area (Å²) in [6, 6.07) is 5.39. The number of nitrogens with zero attached hydrogens (tertiary/aromatic N) is 2. The molecule has 0 fully saturated rings. The second kappa shape index (κ2) is 3.12. The standard InChI is InChI=1S/C8H4BrN3O/c9-8-5-2-1-3-6(10-4-13)7(5)11-12-8/h1-3H,(H,11,12). The van der Waals surface area contributed by atoms with Gasteiger partial charge in [0.15, 0.2) is 0 Å². The van der Waals surface area contributed by atoms with Crippen molar-refractivity contribution in [3.05, 3.63) is 22.8 Å². The van der Waals surface area contributed by atoms with Crippen LogP contribution in [0.4, 0.5) is 5.69 Å². The molecule has 0 spiro atoms. The third-order valence-corrected chi connectivity index (χ3v) is 2.29. The van der Waals surface area contributed by atoms with Crippen molar-refractivity contribution in [2.45, 2.75) is 0 Å². The number of hydrogen-bond donors (Lipinski definition) is 1. The normalized spacial score (nSPS) is 9.92. The van der Waals surface area contributed by atoms with Crippen LogP contribution in [-0.2, 0) is 4.79 Å². The molecule has 1 N–H and O–H groups in total. The van der Waals surface area contributed by atoms with Crippen LogP contribution in [0.3, 0.4) is 0 Å². The highest BCUT2D eigenvalue weighted by Crippen LogP contribution is 2.27. The van der Waals surface area contributed by atoms with E-state index in [1.807, 2.05) is 6.07 Å². The molecule has 0 bridgehead atoms. The van der Waals surface area contributed by atoms with Gasteiger partial charge in [0.25, 0.3) is 0 Å². The molecule has 0 aliphatic carbocycles. The number of aliphatic imine (C=N–C) groups is 1. The van der Waals surface area contributed by atoms with Gasteiger partial charge in [0.05, 0.1) is 0 Å². The van der Waals surface area contributed by atoms with Gasteiger partial charge < -0.3 is 0 Å². The van der Waals surface area contributed by atoms with Crippen LogP contribution in [0.1, 0.15) is 0 Å². The third-order valence-electron chi connectivity index (χ3n) is 1.68. The Kier molecular flexibility index (Phi) is 1.96. The molecule has 1 heterocycles. The molecule has 2 aromatic rings. The highest BCUT2D eigenvalue weighted by Gasteiger charge is 2.05. The fourth-order valence-corrected chi connectivity index (χ4v) is 1.54. The van der Waals surface area contributed by atoms with Crippen LogP contribution in [0.25, 0.3) is 10.9 Å². The number of isocyanates is 1. The van der Waals surface area contributed by atoms with Crippen molar-refractivity contribution in [2.75, 3.05) is 0 Å². The lowest BCUT2D eigenvalue weighted by atomic mass is 10.2. The lowest BCUT2D eigenvalue weighted by molar-refractivity contribution is 0.565. The van der Waals surface area contributed by atoms with Gasteiger partial charge >= 0.3 is 0 Å². The van der Waals surface area contributed by atoms with Crippen molar-refractivity contribution in [2.24, 2.45) is 4.99 Å². The second-order valence-electron chi connectivity index (χ2n) is 2.41. The van der Waals surface area contributed by atoms with Gasteiger partial charge in [-0.15, -0.1) is 0 Å². The van der Waals surface area contributed by atoms with Crippen LogP contribution in [0.2, 0.25) is 0 Å². The minimum Gasteiger partial charge on any atom is -0.270 e. The van der Waals surface area contributed by atoms with Crippen molar-refractivity contribution in [3.63, 3.8) is 0 Å². The number of benzene rings is 1. The smallest absolute Gasteiger partial charge is 0.240 e. The summed E-state index contributed by atoms with van der Waals surface area (Å²) in [4.78, 5) is 13.6. The fourth-order valence-electron chi connectivity index (χ4n) is 1.13. The third kappa shape index (κ3) is 1.28. The molecule has 1 aromatic carbocycles. The quantitative estimate of drug-likeness (QED) is 0.612. The Bertz CT molecular complexity index is 499. The zero-order valence-corrected chi connectivity index (χ0v) is 8.00. The van der Waals surface area contributed by atoms with Gasteiger partial charge in [-0.1, -0.05) is 6.07 Å². The second-order valence-corrected chi connectivity index (χ2v) is 3.21. The first-order valence-electron chi connectivity index (χ1n) is 3.53. The largest absolute Gasteiger partial charge is 0.270 e. The first-order valence-corrected chi connectivity index (χ1v) is 4.32. The Labute approximate surface area is 81.8 Å². The molecular formula is C8H4BrN3O. The number of fused-ring (bicyclic) bond motifs is 1. The number of aromatic nitrogens is 2. The first-order chi connectivity index (χ1) is 6.33. The number of hydrogen-bond acceptors (Lipinski definition) is 3. The number of aromatic amines is 1. The topological polar surface area (TPSA) is 58.1 Å². The molecule has 1 aromatic heterocycles. The molecule has 0 saturated carbocycles. The van der Waals surface area contributed by atoms with Gasteiger partial charge in [-0.05, 0) is 28.1 Å². The number of H-pyrrole nitrogens is 1. The van der Waals surface area contributed by atoms with Crippen molar-refractivity contribution in [3.8, 4) is 0 Å². The van der Waals surface area contributed by atoms with Crippen LogP contribution in [0.5, 0.6) is 0 Å². The van der Waals surface area contributed by atoms with Gasteiger partial charge in [-0.3, -0.25) is 5.10 Å². The Morgan fingerprint density at radius 2 is 2.38 bits per heavy atom. The Morgan fingerprint density at radius 1 is 1.54 bits per heavy atom. The van der Waals surface area contributed by atoms with Crippen molar-refractivity contribution in [1.82, 2.24) is 10.2 Å². The maximum atomic E-state index is 10.1. The van der Waals surface area contributed by atoms with Crippen molar-refractivity contribution in [1.29, 1.82) is 0 Å². The van der Waals surface area contributed by atoms with Gasteiger partial charge in [0.2, 0.25) is 6.08 Å². The minimum absolute atomic E-state index is 0.523. The lowest BCUT2D eigenvalue weighted by Crippen LogP contribution is -1.69. The molecule has 0 unspecified atom stereocenters. The summed E-state index contributed by atoms with van der Waals surface area (Å²) in [7, 11) is 0. The lowest BCUT2D eigenvalue weighted by Gasteiger charge is -1.90. The number of carbonyl (C=O) groups excluding carboxylic acids is 1. The molecule has 0 radical (unpaired) electrons. The van der Waals surface area contributed by atoms with E-state index in [9.17, 15) is 4.79 Å². The van der Waals surface area contributed by atoms with Crippen LogP contribution in [0.15, 0.2) is 27.8 Å². The van der Waals surface area contributed by atoms with Gasteiger partial charge in [-0.25, -0.2) is 4.79 Å². The Balaban J connectivity index is 2.84. The summed E-state index contributed by atoms with van der Waals surface area (Å²) in [6.45, 7) is 0. The Hall–Kier alpha value is -1.45. The van der Waals surface area contributed by atoms with Crippen molar-refractivity contribution >= 4 is 38.6 Å². The molecule has 2 rings (SSSR count). The van der Waals surface area contributed by atoms with E-state index >= 15 is 0 Å². The van der Waals surface area contributed by atoms with Crippen LogP contribution >= 0.6 is 15.9 Å². The van der Waals surface area contributed by atoms with Crippen LogP contribution < -0.4 is 0 Å². The average Bonchev–Trinajstić information content (AvgIpc) is 2.50. The van der Waals surface area contributed by atoms with Gasteiger partial charge in [0.1, 0.15) is 15.8 Å². The SMILES string of the molecule is O=C=Nc1cccc2c(Br)[nH]nc12. The van der Waals surface area contributed by atoms with Gasteiger partial charge in [-0.2, -0.15) is 10.1 Å². The molecule has 4 nitrogen and oxygen atoms in total. The number of rotatable bonds is 1. The summed E-state index contributed by atoms with van der Waals surface area (Å²) >= 11 is 3.29. The highest BCUT2D eigenvalue weighted by atomic mass is 79.9. The summed E-state index contributed by atoms with van der Waals surface area (Å²) < 4.78 is 0.783. The molecule has 64 valence electrons. The number of para-hydroxylation sites is 1. The summed E-state index contributed by atoms with van der Waals surface area (Å²) in [6.07, 6.45) is 1.49. The number of halogens is 1. The average molecular weight is 238 g/mol. The molecule has 0 atom stereocenters. The summed E-state index contributed by atoms with van der Waals surface area (Å²) in [5, 5.41) is 7.64. The Morgan fingerprint density at radius 3 is 3.15 bits per heavy atom. The van der Waals surface area contributed by atoms with E-state index in [1.54, 1.807) is 12.1 Å². The van der Waals surface area contributed by atoms with Crippen molar-refractivity contribution < 1.29 is 4.79 Å². The molecular weight excluding hydrogens is 234 g/mol. The molecule has 0 aliphatic heterocycles. The van der Waals surface area contributed by atoms with E-state index in [0.717, 1.165) is 9.99 Å². The van der Waals surface area contributed by atoms with E-state index in [4.69, 9.17) is 0 Å². The minimum atomic E-state index is 0.523. The maximum Gasteiger partial charge on any atom is 0.240 e. The number of nitrogens with one attached hydrogen (secondary N) is 1. The van der Waals surface area contributed by atoms with E-state index in [2.05, 4.69) is 31.1 Å². The van der Waals surface area contributed by atoms with Gasteiger partial charge in [0, 0.05) is 5.39 Å². The summed E-state index contributed by atoms with van der Waals surface area (Å²) in [5.74, 6) is 0. The van der Waals surface area contributed by atoms with E-state index < -0.39 is 0 Å². The van der Waals surface area contributed by atoms with Crippen LogP contribution in [-0.4, -0.2) is 16.3 Å². The molecule has 0 saturated heterocycles. The zero-order valence-electron chi connectivity index (χ0n) is 6.41. The molecule has 13 heavy (non-hydrogen) atoms.